The molecule has 2 aliphatic heterocycles. The average molecular weight is 402 g/mol. The highest BCUT2D eigenvalue weighted by Crippen LogP contribution is 2.36. The van der Waals surface area contributed by atoms with Crippen LogP contribution in [-0.2, 0) is 22.4 Å². The molecule has 148 valence electrons. The van der Waals surface area contributed by atoms with Crippen molar-refractivity contribution in [3.63, 3.8) is 0 Å². The summed E-state index contributed by atoms with van der Waals surface area (Å²) in [6.07, 6.45) is 0.591. The molecule has 2 aromatic rings. The Labute approximate surface area is 166 Å². The van der Waals surface area contributed by atoms with E-state index in [1.54, 1.807) is 24.5 Å². The highest BCUT2D eigenvalue weighted by atomic mass is 32.1. The predicted molar refractivity (Wildman–Crippen MR) is 105 cm³/mol. The Hall–Kier alpha value is -2.18. The maximum atomic E-state index is 12.5. The maximum Gasteiger partial charge on any atom is 0.351 e. The third kappa shape index (κ3) is 4.28. The Balaban J connectivity index is 1.60. The third-order valence-corrected chi connectivity index (χ3v) is 5.54. The summed E-state index contributed by atoms with van der Waals surface area (Å²) in [6, 6.07) is 3.83. The van der Waals surface area contributed by atoms with E-state index < -0.39 is 5.60 Å². The first kappa shape index (κ1) is 19.2. The fraction of sp³-hybridized carbons (Fsp3) is 0.500. The van der Waals surface area contributed by atoms with Gasteiger partial charge in [-0.1, -0.05) is 11.8 Å². The van der Waals surface area contributed by atoms with Gasteiger partial charge in [-0.25, -0.2) is 4.79 Å². The van der Waals surface area contributed by atoms with Gasteiger partial charge in [-0.2, -0.15) is 4.98 Å². The minimum absolute atomic E-state index is 0.157. The quantitative estimate of drug-likeness (QED) is 0.783. The first-order chi connectivity index (χ1) is 13.4. The Kier molecular flexibility index (Phi) is 5.25. The fourth-order valence-electron chi connectivity index (χ4n) is 3.11. The van der Waals surface area contributed by atoms with Gasteiger partial charge in [0, 0.05) is 12.6 Å². The molecule has 0 aliphatic carbocycles. The monoisotopic (exact) mass is 402 g/mol. The zero-order chi connectivity index (χ0) is 19.7. The van der Waals surface area contributed by atoms with Gasteiger partial charge in [-0.3, -0.25) is 4.57 Å². The van der Waals surface area contributed by atoms with Crippen LogP contribution in [-0.4, -0.2) is 52.8 Å². The van der Waals surface area contributed by atoms with Gasteiger partial charge in [0.2, 0.25) is 5.88 Å². The van der Waals surface area contributed by atoms with Gasteiger partial charge in [-0.15, -0.1) is 11.3 Å². The van der Waals surface area contributed by atoms with E-state index in [9.17, 15) is 9.90 Å². The van der Waals surface area contributed by atoms with Gasteiger partial charge in [0.1, 0.15) is 18.3 Å². The normalized spacial score (nSPS) is 18.6. The lowest BCUT2D eigenvalue weighted by atomic mass is 10.1. The summed E-state index contributed by atoms with van der Waals surface area (Å²) >= 11 is 1.51. The molecule has 0 spiro atoms. The van der Waals surface area contributed by atoms with Crippen molar-refractivity contribution in [3.8, 4) is 28.3 Å². The van der Waals surface area contributed by atoms with Crippen LogP contribution in [0.2, 0.25) is 0 Å². The van der Waals surface area contributed by atoms with Gasteiger partial charge < -0.3 is 19.3 Å². The molecule has 1 fully saturated rings. The van der Waals surface area contributed by atoms with Crippen LogP contribution in [0.1, 0.15) is 24.3 Å². The van der Waals surface area contributed by atoms with Crippen LogP contribution in [0.15, 0.2) is 16.9 Å². The smallest absolute Gasteiger partial charge is 0.351 e. The van der Waals surface area contributed by atoms with Crippen LogP contribution in [0.5, 0.6) is 5.88 Å². The number of hydrogen-bond acceptors (Lipinski definition) is 7. The van der Waals surface area contributed by atoms with E-state index in [1.807, 2.05) is 6.07 Å². The summed E-state index contributed by atoms with van der Waals surface area (Å²) in [6.45, 7) is 5.77. The molecule has 1 N–H and O–H groups in total. The van der Waals surface area contributed by atoms with E-state index in [2.05, 4.69) is 16.8 Å². The summed E-state index contributed by atoms with van der Waals surface area (Å²) in [7, 11) is 0. The highest BCUT2D eigenvalue weighted by molar-refractivity contribution is 7.16. The number of nitrogens with zero attached hydrogens (tertiary/aromatic N) is 2. The van der Waals surface area contributed by atoms with Crippen LogP contribution >= 0.6 is 11.3 Å². The largest absolute Gasteiger partial charge is 0.475 e. The number of thiophene rings is 1. The Morgan fingerprint density at radius 2 is 2.29 bits per heavy atom. The lowest BCUT2D eigenvalue weighted by Gasteiger charge is -2.23. The van der Waals surface area contributed by atoms with Crippen LogP contribution in [0.25, 0.3) is 10.6 Å². The molecule has 2 aromatic heterocycles. The molecule has 1 saturated heterocycles. The Morgan fingerprint density at radius 3 is 3.04 bits per heavy atom. The second-order valence-electron chi connectivity index (χ2n) is 7.32. The van der Waals surface area contributed by atoms with Crippen LogP contribution in [0.3, 0.4) is 0 Å². The number of aromatic nitrogens is 2. The topological polar surface area (TPSA) is 82.8 Å². The Morgan fingerprint density at radius 1 is 1.43 bits per heavy atom. The minimum atomic E-state index is -1.05. The van der Waals surface area contributed by atoms with E-state index in [-0.39, 0.29) is 24.3 Å². The molecule has 0 unspecified atom stereocenters. The number of ether oxygens (including phenoxy) is 3. The van der Waals surface area contributed by atoms with Gasteiger partial charge >= 0.3 is 5.69 Å². The zero-order valence-corrected chi connectivity index (χ0v) is 16.7. The summed E-state index contributed by atoms with van der Waals surface area (Å²) in [5.74, 6) is 6.15. The molecule has 0 aromatic carbocycles. The van der Waals surface area contributed by atoms with Crippen molar-refractivity contribution in [3.05, 3.63) is 33.1 Å². The lowest BCUT2D eigenvalue weighted by Crippen LogP contribution is -2.34. The molecule has 7 nitrogen and oxygen atoms in total. The van der Waals surface area contributed by atoms with Gasteiger partial charge in [0.25, 0.3) is 0 Å². The molecule has 0 saturated carbocycles. The molecule has 4 rings (SSSR count). The summed E-state index contributed by atoms with van der Waals surface area (Å²) in [4.78, 5) is 18.4. The SMILES string of the molecule is CC(C)(O)C#Cc1cc2c(s1)-c1cc(OC[C@@H]3COCCO3)nc(=O)n1CC2. The van der Waals surface area contributed by atoms with Gasteiger partial charge in [0.15, 0.2) is 0 Å². The molecule has 0 amide bonds. The molecular formula is C20H22N2O5S. The van der Waals surface area contributed by atoms with Crippen LogP contribution in [0, 0.1) is 11.8 Å². The van der Waals surface area contributed by atoms with Gasteiger partial charge in [0.05, 0.1) is 35.3 Å². The summed E-state index contributed by atoms with van der Waals surface area (Å²) in [5.41, 5.74) is 0.565. The first-order valence-electron chi connectivity index (χ1n) is 9.22. The fourth-order valence-corrected chi connectivity index (χ4v) is 4.20. The van der Waals surface area contributed by atoms with Crippen molar-refractivity contribution in [2.75, 3.05) is 26.4 Å². The average Bonchev–Trinajstić information content (AvgIpc) is 3.09. The first-order valence-corrected chi connectivity index (χ1v) is 10.0. The minimum Gasteiger partial charge on any atom is -0.475 e. The highest BCUT2D eigenvalue weighted by Gasteiger charge is 2.23. The molecule has 8 heteroatoms. The van der Waals surface area contributed by atoms with Crippen molar-refractivity contribution in [2.24, 2.45) is 0 Å². The summed E-state index contributed by atoms with van der Waals surface area (Å²) in [5, 5.41) is 9.82. The van der Waals surface area contributed by atoms with E-state index in [1.165, 1.54) is 11.3 Å². The molecule has 0 bridgehead atoms. The van der Waals surface area contributed by atoms with E-state index in [0.29, 0.717) is 26.4 Å². The number of fused-ring (bicyclic) bond motifs is 3. The van der Waals surface area contributed by atoms with Crippen molar-refractivity contribution < 1.29 is 19.3 Å². The van der Waals surface area contributed by atoms with E-state index in [4.69, 9.17) is 14.2 Å². The second-order valence-corrected chi connectivity index (χ2v) is 8.37. The third-order valence-electron chi connectivity index (χ3n) is 4.43. The molecule has 4 heterocycles. The second kappa shape index (κ2) is 7.68. The molecule has 28 heavy (non-hydrogen) atoms. The predicted octanol–water partition coefficient (Wildman–Crippen LogP) is 1.44. The maximum absolute atomic E-state index is 12.5. The van der Waals surface area contributed by atoms with Crippen molar-refractivity contribution >= 4 is 11.3 Å². The van der Waals surface area contributed by atoms with Crippen LogP contribution < -0.4 is 10.4 Å². The number of hydrogen-bond donors (Lipinski definition) is 1. The van der Waals surface area contributed by atoms with E-state index in [0.717, 1.165) is 27.4 Å². The number of aryl methyl sites for hydroxylation is 1. The van der Waals surface area contributed by atoms with Gasteiger partial charge in [-0.05, 0) is 31.9 Å². The van der Waals surface area contributed by atoms with Crippen molar-refractivity contribution in [2.45, 2.75) is 38.5 Å². The number of aliphatic hydroxyl groups is 1. The molecule has 0 radical (unpaired) electrons. The molecule has 2 aliphatic rings. The summed E-state index contributed by atoms with van der Waals surface area (Å²) < 4.78 is 18.3. The Bertz CT molecular complexity index is 987. The molecule has 1 atom stereocenters. The van der Waals surface area contributed by atoms with Crippen molar-refractivity contribution in [1.29, 1.82) is 0 Å². The van der Waals surface area contributed by atoms with Crippen molar-refractivity contribution in [1.82, 2.24) is 9.55 Å². The number of rotatable bonds is 3. The van der Waals surface area contributed by atoms with Crippen LogP contribution in [0.4, 0.5) is 0 Å². The standard InChI is InChI=1S/C20H22N2O5S/c1-20(2,24)5-3-15-9-13-4-6-22-16(18(13)28-15)10-17(21-19(22)23)27-12-14-11-25-7-8-26-14/h9-10,14,24H,4,6-8,11-12H2,1-2H3/t14-/m0/s1. The zero-order valence-electron chi connectivity index (χ0n) is 15.9. The molecular weight excluding hydrogens is 380 g/mol. The van der Waals surface area contributed by atoms with E-state index >= 15 is 0 Å². The lowest BCUT2D eigenvalue weighted by molar-refractivity contribution is -0.102.